The van der Waals surface area contributed by atoms with Crippen LogP contribution in [-0.2, 0) is 0 Å². The van der Waals surface area contributed by atoms with Gasteiger partial charge < -0.3 is 14.5 Å². The smallest absolute Gasteiger partial charge is 0.174 e. The fraction of sp³-hybridized carbons (Fsp3) is 0.286. The Kier molecular flexibility index (Phi) is 5.55. The highest BCUT2D eigenvalue weighted by Crippen LogP contribution is 2.40. The molecule has 0 fully saturated rings. The van der Waals surface area contributed by atoms with Crippen LogP contribution in [0.3, 0.4) is 0 Å². The van der Waals surface area contributed by atoms with Gasteiger partial charge in [0.15, 0.2) is 4.67 Å². The van der Waals surface area contributed by atoms with Gasteiger partial charge in [0.05, 0.1) is 23.9 Å². The predicted octanol–water partition coefficient (Wildman–Crippen LogP) is 5.17. The van der Waals surface area contributed by atoms with Gasteiger partial charge in [0.2, 0.25) is 0 Å². The van der Waals surface area contributed by atoms with Crippen LogP contribution in [0, 0.1) is 0 Å². The van der Waals surface area contributed by atoms with Crippen molar-refractivity contribution >= 4 is 43.5 Å². The van der Waals surface area contributed by atoms with Gasteiger partial charge in [0.25, 0.3) is 0 Å². The minimum atomic E-state index is -0.0712. The molecule has 1 aromatic heterocycles. The van der Waals surface area contributed by atoms with Gasteiger partial charge in [-0.25, -0.2) is 0 Å². The van der Waals surface area contributed by atoms with Crippen LogP contribution in [0.4, 0.5) is 0 Å². The molecule has 0 aliphatic carbocycles. The van der Waals surface area contributed by atoms with Crippen molar-refractivity contribution in [2.24, 2.45) is 0 Å². The Balaban J connectivity index is 2.58. The van der Waals surface area contributed by atoms with E-state index in [9.17, 15) is 0 Å². The number of hydrogen-bond donors (Lipinski definition) is 1. The highest BCUT2D eigenvalue weighted by Gasteiger charge is 2.23. The van der Waals surface area contributed by atoms with Crippen LogP contribution in [0.2, 0.25) is 5.02 Å². The van der Waals surface area contributed by atoms with Gasteiger partial charge in [0.1, 0.15) is 5.75 Å². The average molecular weight is 424 g/mol. The van der Waals surface area contributed by atoms with Crippen LogP contribution in [-0.4, -0.2) is 13.7 Å². The van der Waals surface area contributed by atoms with E-state index >= 15 is 0 Å². The summed E-state index contributed by atoms with van der Waals surface area (Å²) in [7, 11) is 1.64. The second-order valence-corrected chi connectivity index (χ2v) is 6.16. The minimum Gasteiger partial charge on any atom is -0.495 e. The number of halogens is 3. The summed E-state index contributed by atoms with van der Waals surface area (Å²) in [5, 5.41) is 4.07. The Labute approximate surface area is 139 Å². The highest BCUT2D eigenvalue weighted by atomic mass is 79.9. The van der Waals surface area contributed by atoms with Crippen molar-refractivity contribution < 1.29 is 9.15 Å². The van der Waals surface area contributed by atoms with Crippen molar-refractivity contribution in [2.45, 2.75) is 13.0 Å². The molecule has 0 saturated heterocycles. The third-order valence-electron chi connectivity index (χ3n) is 2.92. The maximum absolute atomic E-state index is 6.18. The molecule has 108 valence electrons. The molecule has 6 heteroatoms. The van der Waals surface area contributed by atoms with Crippen molar-refractivity contribution in [1.29, 1.82) is 0 Å². The minimum absolute atomic E-state index is 0.0712. The summed E-state index contributed by atoms with van der Waals surface area (Å²) in [5.74, 6) is 0.758. The molecule has 1 N–H and O–H groups in total. The lowest BCUT2D eigenvalue weighted by atomic mass is 10.00. The Morgan fingerprint density at radius 3 is 2.65 bits per heavy atom. The molecule has 0 amide bonds. The molecular formula is C14H14Br2ClNO2. The van der Waals surface area contributed by atoms with E-state index < -0.39 is 0 Å². The number of ether oxygens (including phenoxy) is 1. The third-order valence-corrected chi connectivity index (χ3v) is 4.37. The molecule has 1 unspecified atom stereocenters. The summed E-state index contributed by atoms with van der Waals surface area (Å²) in [6.45, 7) is 2.85. The number of rotatable bonds is 5. The van der Waals surface area contributed by atoms with E-state index in [0.717, 1.165) is 27.9 Å². The highest BCUT2D eigenvalue weighted by molar-refractivity contribution is 9.10. The van der Waals surface area contributed by atoms with Crippen molar-refractivity contribution in [3.63, 3.8) is 0 Å². The molecule has 20 heavy (non-hydrogen) atoms. The fourth-order valence-corrected chi connectivity index (χ4v) is 3.58. The Bertz CT molecular complexity index is 601. The Hall–Kier alpha value is -0.490. The Morgan fingerprint density at radius 2 is 2.10 bits per heavy atom. The standard InChI is InChI=1S/C14H14Br2ClNO2/c1-3-18-12(9-4-5-20-14(9)16)10-6-8(17)7-11(15)13(10)19-2/h4-7,12,18H,3H2,1-2H3. The van der Waals surface area contributed by atoms with E-state index in [1.54, 1.807) is 13.4 Å². The lowest BCUT2D eigenvalue weighted by Gasteiger charge is -2.21. The number of methoxy groups -OCH3 is 1. The second-order valence-electron chi connectivity index (χ2n) is 4.15. The second kappa shape index (κ2) is 6.98. The summed E-state index contributed by atoms with van der Waals surface area (Å²) in [6.07, 6.45) is 1.65. The average Bonchev–Trinajstić information content (AvgIpc) is 2.81. The van der Waals surface area contributed by atoms with Gasteiger partial charge in [-0.1, -0.05) is 18.5 Å². The van der Waals surface area contributed by atoms with Crippen LogP contribution < -0.4 is 10.1 Å². The zero-order valence-electron chi connectivity index (χ0n) is 11.0. The van der Waals surface area contributed by atoms with Gasteiger partial charge >= 0.3 is 0 Å². The van der Waals surface area contributed by atoms with Crippen molar-refractivity contribution in [3.05, 3.63) is 49.8 Å². The van der Waals surface area contributed by atoms with E-state index in [1.807, 2.05) is 25.1 Å². The lowest BCUT2D eigenvalue weighted by molar-refractivity contribution is 0.401. The van der Waals surface area contributed by atoms with Crippen LogP contribution in [0.1, 0.15) is 24.1 Å². The first-order valence-corrected chi connectivity index (χ1v) is 8.04. The number of nitrogens with one attached hydrogen (secondary N) is 1. The first-order chi connectivity index (χ1) is 9.58. The van der Waals surface area contributed by atoms with Crippen LogP contribution in [0.5, 0.6) is 5.75 Å². The largest absolute Gasteiger partial charge is 0.495 e. The maximum Gasteiger partial charge on any atom is 0.174 e. The van der Waals surface area contributed by atoms with Crippen molar-refractivity contribution in [1.82, 2.24) is 5.32 Å². The summed E-state index contributed by atoms with van der Waals surface area (Å²) >= 11 is 13.1. The Morgan fingerprint density at radius 1 is 1.35 bits per heavy atom. The van der Waals surface area contributed by atoms with Gasteiger partial charge in [0, 0.05) is 16.1 Å². The fourth-order valence-electron chi connectivity index (χ4n) is 2.11. The molecule has 2 aromatic rings. The summed E-state index contributed by atoms with van der Waals surface area (Å²) < 4.78 is 12.4. The van der Waals surface area contributed by atoms with E-state index in [4.69, 9.17) is 20.8 Å². The normalized spacial score (nSPS) is 12.4. The first-order valence-electron chi connectivity index (χ1n) is 6.07. The maximum atomic E-state index is 6.18. The molecule has 0 spiro atoms. The molecule has 1 atom stereocenters. The lowest BCUT2D eigenvalue weighted by Crippen LogP contribution is -2.22. The monoisotopic (exact) mass is 421 g/mol. The number of hydrogen-bond acceptors (Lipinski definition) is 3. The molecular weight excluding hydrogens is 409 g/mol. The molecule has 0 aliphatic heterocycles. The molecule has 3 nitrogen and oxygen atoms in total. The molecule has 1 aromatic carbocycles. The van der Waals surface area contributed by atoms with E-state index in [1.165, 1.54) is 0 Å². The van der Waals surface area contributed by atoms with E-state index in [-0.39, 0.29) is 6.04 Å². The van der Waals surface area contributed by atoms with Crippen LogP contribution in [0.25, 0.3) is 0 Å². The summed E-state index contributed by atoms with van der Waals surface area (Å²) in [6, 6.07) is 5.57. The van der Waals surface area contributed by atoms with Gasteiger partial charge in [-0.15, -0.1) is 0 Å². The zero-order valence-corrected chi connectivity index (χ0v) is 15.0. The van der Waals surface area contributed by atoms with E-state index in [0.29, 0.717) is 9.69 Å². The van der Waals surface area contributed by atoms with Crippen LogP contribution >= 0.6 is 43.5 Å². The van der Waals surface area contributed by atoms with Crippen molar-refractivity contribution in [2.75, 3.05) is 13.7 Å². The summed E-state index contributed by atoms with van der Waals surface area (Å²) in [4.78, 5) is 0. The molecule has 0 radical (unpaired) electrons. The molecule has 1 heterocycles. The molecule has 0 saturated carbocycles. The van der Waals surface area contributed by atoms with Gasteiger partial charge in [-0.2, -0.15) is 0 Å². The predicted molar refractivity (Wildman–Crippen MR) is 87.6 cm³/mol. The van der Waals surface area contributed by atoms with Crippen LogP contribution in [0.15, 0.2) is 38.0 Å². The molecule has 2 rings (SSSR count). The third kappa shape index (κ3) is 3.22. The van der Waals surface area contributed by atoms with Crippen molar-refractivity contribution in [3.8, 4) is 5.75 Å². The number of furan rings is 1. The topological polar surface area (TPSA) is 34.4 Å². The SMILES string of the molecule is CCNC(c1ccoc1Br)c1cc(Cl)cc(Br)c1OC. The van der Waals surface area contributed by atoms with Gasteiger partial charge in [-0.3, -0.25) is 0 Å². The summed E-state index contributed by atoms with van der Waals surface area (Å²) in [5.41, 5.74) is 1.95. The quantitative estimate of drug-likeness (QED) is 0.721. The molecule has 0 aliphatic rings. The van der Waals surface area contributed by atoms with Gasteiger partial charge in [-0.05, 0) is 56.6 Å². The van der Waals surface area contributed by atoms with E-state index in [2.05, 4.69) is 37.2 Å². The molecule has 0 bridgehead atoms. The number of benzene rings is 1. The first kappa shape index (κ1) is 15.9. The zero-order chi connectivity index (χ0) is 14.7.